The van der Waals surface area contributed by atoms with Gasteiger partial charge in [0.05, 0.1) is 51.6 Å². The van der Waals surface area contributed by atoms with Crippen molar-refractivity contribution in [1.29, 1.82) is 0 Å². The molecule has 0 aromatic heterocycles. The highest BCUT2D eigenvalue weighted by Gasteiger charge is 2.63. The molecule has 8 aliphatic heterocycles. The van der Waals surface area contributed by atoms with E-state index >= 15 is 0 Å². The van der Waals surface area contributed by atoms with Crippen LogP contribution in [-0.2, 0) is 188 Å². The summed E-state index contributed by atoms with van der Waals surface area (Å²) in [7, 11) is 17.4. The van der Waals surface area contributed by atoms with Crippen LogP contribution in [0.1, 0.15) is 0 Å². The van der Waals surface area contributed by atoms with Crippen molar-refractivity contribution in [3.05, 3.63) is 0 Å². The number of carbonyl (C=O) groups is 2. The maximum Gasteiger partial charge on any atom is 0.188 e. The first-order valence-corrected chi connectivity index (χ1v) is 38.9. The standard InChI is InChI=1S/C61H104O43S11/c1-66-32-26(91-55-45(73-8)33(67-2)27(21(87-55)15-80-106)93-57-47(75-10)35(69-4)31(100-111)25(90-57)19-84-110)20(14-79-105)86-56(44(32)72-7)92-28-22(16-81-107)88-58(46(74-9)34(28)68-3)96-38-36(70-5)48(76-11)60(98-42(38)52(62)63)95-30-24(18-83-109)89-61(51(104-115)41(30)102-113)97-39-37(71-6)49(77-12)59(99-43(39)53(64)65)94-29-23(17-82-108)85-54(78-13)50(103-114)40(29)101-112/h20-51,54-61,105-115H,14-19H2,1-13H3,(H,62,63)(H,64,65)/p-2/t20?,21?,22?,23?,24-,25?,26+,27+,28+,29+,30+,31-,32-,33-,34-,35-,36-,37?,38-,39-,40+,41?,42?,43+,44?,45?,46?,47?,48?,49?,50?,51?,54-,55+,56+,57+,58+,59-,60+,61+/m0/s1. The number of carboxylic acids is 2. The van der Waals surface area contributed by atoms with Gasteiger partial charge >= 0.3 is 0 Å². The zero-order valence-electron chi connectivity index (χ0n) is 63.8. The zero-order valence-corrected chi connectivity index (χ0v) is 73.6. The van der Waals surface area contributed by atoms with E-state index in [-0.39, 0.29) is 33.0 Å². The zero-order chi connectivity index (χ0) is 84.1. The molecule has 8 fully saturated rings. The molecule has 0 radical (unpaired) electrons. The van der Waals surface area contributed by atoms with Gasteiger partial charge in [0.1, 0.15) is 183 Å². The van der Waals surface area contributed by atoms with Crippen LogP contribution in [0.15, 0.2) is 0 Å². The number of thiol groups is 11. The summed E-state index contributed by atoms with van der Waals surface area (Å²) >= 11 is 44.5. The summed E-state index contributed by atoms with van der Waals surface area (Å²) < 4.78 is 234. The molecular formula is C61H102O43S11-2. The van der Waals surface area contributed by atoms with Gasteiger partial charge in [-0.25, -0.2) is 0 Å². The van der Waals surface area contributed by atoms with Gasteiger partial charge in [-0.1, -0.05) is 0 Å². The molecule has 43 nitrogen and oxygen atoms in total. The Kier molecular flexibility index (Phi) is 44.8. The lowest BCUT2D eigenvalue weighted by Gasteiger charge is -2.52. The summed E-state index contributed by atoms with van der Waals surface area (Å²) in [4.78, 5) is 26.9. The first kappa shape index (κ1) is 102. The molecule has 8 rings (SSSR count). The lowest BCUT2D eigenvalue weighted by molar-refractivity contribution is -0.405. The maximum absolute atomic E-state index is 13.6. The van der Waals surface area contributed by atoms with Crippen LogP contribution in [0.4, 0.5) is 0 Å². The topological polar surface area (TPSA) is 440 Å². The van der Waals surface area contributed by atoms with Crippen LogP contribution in [-0.4, -0.2) is 390 Å². The fourth-order valence-corrected chi connectivity index (χ4v) is 17.4. The average molecular weight is 1880 g/mol. The highest BCUT2D eigenvalue weighted by Crippen LogP contribution is 2.44. The van der Waals surface area contributed by atoms with Crippen LogP contribution >= 0.6 is 142 Å². The molecule has 8 saturated heterocycles. The minimum atomic E-state index is -2.13. The van der Waals surface area contributed by atoms with Crippen molar-refractivity contribution < 1.29 is 198 Å². The number of carboxylic acid groups (broad SMARTS) is 2. The molecule has 8 aliphatic rings. The van der Waals surface area contributed by atoms with E-state index < -0.39 is 264 Å². The number of aliphatic carboxylic acids is 2. The maximum atomic E-state index is 13.6. The summed E-state index contributed by atoms with van der Waals surface area (Å²) in [5, 5.41) is 26.9. The molecule has 16 unspecified atom stereocenters. The fraction of sp³-hybridized carbons (Fsp3) is 0.967. The third-order valence-corrected chi connectivity index (χ3v) is 22.7. The van der Waals surface area contributed by atoms with E-state index in [9.17, 15) is 19.8 Å². The van der Waals surface area contributed by atoms with Crippen molar-refractivity contribution in [3.63, 3.8) is 0 Å². The van der Waals surface area contributed by atoms with Gasteiger partial charge in [-0.15, -0.1) is 0 Å². The van der Waals surface area contributed by atoms with Gasteiger partial charge in [0.15, 0.2) is 62.5 Å². The SMILES string of the molecule is COC1C(OC)[C@H](O[C@H]2O[C@@H](COS)[C@@H](O[C@@H]3OC(C(=O)[O-])[C@@H](O[C@H]4OC(COS)[C@@H](O[C@H]5OC(COS)[C@@H](O[C@H]6OC(COS)[C@@H](O[C@H]7OC(COS)[C@H](OS)[C@H](OC)C7OC)[C@H](OC)C6OC)[C@H](OC)C5OC)[C@H](OC)C4OC)[C@H](OC)C3OC)C(OS)C2OS)[C@H](C(=O)[O-])O[C@@H]1O[C@@H]1C(COS)O[C@H](OC)C(OS)[C@@H]1OS. The summed E-state index contributed by atoms with van der Waals surface area (Å²) in [6, 6.07) is 0. The molecule has 115 heavy (non-hydrogen) atoms. The monoisotopic (exact) mass is 1870 g/mol. The second-order valence-electron chi connectivity index (χ2n) is 26.2. The Morgan fingerprint density at radius 1 is 0.209 bits per heavy atom. The van der Waals surface area contributed by atoms with Gasteiger partial charge < -0.3 is 198 Å². The van der Waals surface area contributed by atoms with Gasteiger partial charge in [-0.2, -0.15) is 0 Å². The van der Waals surface area contributed by atoms with Crippen LogP contribution < -0.4 is 10.2 Å². The minimum Gasteiger partial charge on any atom is -0.547 e. The molecule has 0 saturated carbocycles. The molecule has 8 heterocycles. The summed E-state index contributed by atoms with van der Waals surface area (Å²) in [6.45, 7) is -1.69. The van der Waals surface area contributed by atoms with Crippen LogP contribution in [0.2, 0.25) is 0 Å². The molecule has 0 bridgehead atoms. The molecule has 0 N–H and O–H groups in total. The second kappa shape index (κ2) is 50.7. The van der Waals surface area contributed by atoms with Crippen LogP contribution in [0.3, 0.4) is 0 Å². The third-order valence-electron chi connectivity index (χ3n) is 20.6. The quantitative estimate of drug-likeness (QED) is 0.0215. The molecule has 0 aromatic carbocycles. The average Bonchev–Trinajstić information content (AvgIpc) is 0.766. The number of carbonyl (C=O) groups excluding carboxylic acids is 2. The molecule has 0 aromatic rings. The van der Waals surface area contributed by atoms with E-state index in [0.29, 0.717) is 0 Å². The van der Waals surface area contributed by atoms with Crippen molar-refractivity contribution in [2.24, 2.45) is 0 Å². The van der Waals surface area contributed by atoms with Gasteiger partial charge in [0, 0.05) is 92.4 Å². The number of hydrogen-bond donors (Lipinski definition) is 11. The highest BCUT2D eigenvalue weighted by atomic mass is 32.1. The highest BCUT2D eigenvalue weighted by molar-refractivity contribution is 7.76. The number of ether oxygens (including phenoxy) is 28. The number of methoxy groups -OCH3 is 13. The Balaban J connectivity index is 1.000. The Bertz CT molecular complexity index is 2790. The molecule has 40 atom stereocenters. The van der Waals surface area contributed by atoms with E-state index in [4.69, 9.17) is 179 Å². The Morgan fingerprint density at radius 3 is 0.591 bits per heavy atom. The van der Waals surface area contributed by atoms with Crippen molar-refractivity contribution in [2.45, 2.75) is 246 Å². The van der Waals surface area contributed by atoms with E-state index in [1.807, 2.05) is 0 Å². The predicted octanol–water partition coefficient (Wildman–Crippen LogP) is -2.87. The molecule has 0 amide bonds. The first-order chi connectivity index (χ1) is 55.7. The summed E-state index contributed by atoms with van der Waals surface area (Å²) in [6.07, 6.45) is -53.2. The smallest absolute Gasteiger partial charge is 0.188 e. The van der Waals surface area contributed by atoms with Gasteiger partial charge in [0.25, 0.3) is 0 Å². The van der Waals surface area contributed by atoms with Crippen molar-refractivity contribution in [3.8, 4) is 0 Å². The van der Waals surface area contributed by atoms with Gasteiger partial charge in [0.2, 0.25) is 0 Å². The van der Waals surface area contributed by atoms with Crippen LogP contribution in [0.5, 0.6) is 0 Å². The van der Waals surface area contributed by atoms with E-state index in [0.717, 1.165) is 0 Å². The lowest BCUT2D eigenvalue weighted by Crippen LogP contribution is -2.70. The Labute approximate surface area is 725 Å². The summed E-state index contributed by atoms with van der Waals surface area (Å²) in [5.41, 5.74) is 0. The molecule has 54 heteroatoms. The van der Waals surface area contributed by atoms with E-state index in [1.54, 1.807) is 0 Å². The minimum absolute atomic E-state index is 0.0729. The van der Waals surface area contributed by atoms with Crippen LogP contribution in [0, 0.1) is 0 Å². The molecule has 0 aliphatic carbocycles. The summed E-state index contributed by atoms with van der Waals surface area (Å²) in [5.74, 6) is -3.69. The van der Waals surface area contributed by atoms with Crippen molar-refractivity contribution in [2.75, 3.05) is 132 Å². The van der Waals surface area contributed by atoms with E-state index in [2.05, 4.69) is 142 Å². The Hall–Kier alpha value is 1.23. The number of hydrogen-bond acceptors (Lipinski definition) is 54. The lowest BCUT2D eigenvalue weighted by atomic mass is 9.94. The van der Waals surface area contributed by atoms with E-state index in [1.165, 1.54) is 92.4 Å². The van der Waals surface area contributed by atoms with Gasteiger partial charge in [-0.05, 0) is 142 Å². The molecular weight excluding hydrogens is 1770 g/mol. The normalized spacial score (nSPS) is 44.1. The third kappa shape index (κ3) is 23.4. The molecule has 672 valence electrons. The second-order valence-corrected chi connectivity index (χ2v) is 28.8. The van der Waals surface area contributed by atoms with Crippen LogP contribution in [0.25, 0.3) is 0 Å². The Morgan fingerprint density at radius 2 is 0.383 bits per heavy atom. The predicted molar refractivity (Wildman–Crippen MR) is 409 cm³/mol. The van der Waals surface area contributed by atoms with Crippen molar-refractivity contribution in [1.82, 2.24) is 0 Å². The van der Waals surface area contributed by atoms with Crippen molar-refractivity contribution >= 4 is 154 Å². The number of rotatable bonds is 46. The first-order valence-electron chi connectivity index (χ1n) is 34.9. The van der Waals surface area contributed by atoms with Gasteiger partial charge in [-0.3, -0.25) is 0 Å². The molecule has 0 spiro atoms. The largest absolute Gasteiger partial charge is 0.547 e. The fourth-order valence-electron chi connectivity index (χ4n) is 15.4.